The first kappa shape index (κ1) is 21.7. The third kappa shape index (κ3) is 5.00. The molecule has 0 atom stereocenters. The van der Waals surface area contributed by atoms with Crippen LogP contribution in [-0.2, 0) is 9.47 Å². The quantitative estimate of drug-likeness (QED) is 0.643. The second-order valence-electron chi connectivity index (χ2n) is 7.96. The number of nitrogens with zero attached hydrogens (tertiary/aromatic N) is 3. The molecule has 0 radical (unpaired) electrons. The van der Waals surface area contributed by atoms with E-state index in [1.807, 2.05) is 0 Å². The Hall–Kier alpha value is -2.62. The number of ether oxygens (including phenoxy) is 2. The number of carboxylic acid groups (broad SMARTS) is 1. The number of amides is 2. The molecule has 9 nitrogen and oxygen atoms in total. The van der Waals surface area contributed by atoms with Gasteiger partial charge in [-0.3, -0.25) is 0 Å². The van der Waals surface area contributed by atoms with Crippen LogP contribution in [0, 0.1) is 0 Å². The first-order valence-electron chi connectivity index (χ1n) is 8.37. The van der Waals surface area contributed by atoms with E-state index < -0.39 is 35.4 Å². The van der Waals surface area contributed by atoms with Crippen LogP contribution < -0.4 is 4.90 Å². The number of halogens is 1. The highest BCUT2D eigenvalue weighted by atomic mass is 79.9. The number of imide groups is 1. The van der Waals surface area contributed by atoms with Crippen molar-refractivity contribution in [1.29, 1.82) is 0 Å². The van der Waals surface area contributed by atoms with Crippen molar-refractivity contribution in [2.75, 3.05) is 4.90 Å². The third-order valence-corrected chi connectivity index (χ3v) is 3.64. The highest BCUT2D eigenvalue weighted by Gasteiger charge is 2.37. The van der Waals surface area contributed by atoms with E-state index in [-0.39, 0.29) is 11.0 Å². The molecule has 2 amide bonds. The van der Waals surface area contributed by atoms with E-state index in [9.17, 15) is 19.5 Å². The number of rotatable bonds is 1. The van der Waals surface area contributed by atoms with E-state index in [1.54, 1.807) is 53.7 Å². The Labute approximate surface area is 170 Å². The van der Waals surface area contributed by atoms with E-state index in [2.05, 4.69) is 20.9 Å². The Morgan fingerprint density at radius 1 is 1.04 bits per heavy atom. The molecule has 1 aromatic carbocycles. The molecule has 1 N–H and O–H groups in total. The zero-order valence-corrected chi connectivity index (χ0v) is 18.0. The number of hydrogen-bond donors (Lipinski definition) is 1. The molecule has 2 aromatic rings. The maximum atomic E-state index is 12.8. The second-order valence-corrected chi connectivity index (χ2v) is 8.87. The Morgan fingerprint density at radius 2 is 1.54 bits per heavy atom. The van der Waals surface area contributed by atoms with Crippen LogP contribution in [0.4, 0.5) is 20.3 Å². The summed E-state index contributed by atoms with van der Waals surface area (Å²) in [5, 5.41) is 9.68. The summed E-state index contributed by atoms with van der Waals surface area (Å²) < 4.78 is 11.9. The number of carbonyl (C=O) groups is 3. The van der Waals surface area contributed by atoms with Crippen molar-refractivity contribution in [3.05, 3.63) is 22.7 Å². The molecule has 0 unspecified atom stereocenters. The Morgan fingerprint density at radius 3 is 1.96 bits per heavy atom. The Kier molecular flexibility index (Phi) is 5.74. The third-order valence-electron chi connectivity index (χ3n) is 3.14. The van der Waals surface area contributed by atoms with E-state index in [0.29, 0.717) is 9.37 Å². The first-order chi connectivity index (χ1) is 12.7. The molecule has 0 saturated carbocycles. The van der Waals surface area contributed by atoms with Gasteiger partial charge in [-0.25, -0.2) is 23.9 Å². The van der Waals surface area contributed by atoms with Crippen LogP contribution in [0.15, 0.2) is 22.7 Å². The van der Waals surface area contributed by atoms with Crippen LogP contribution in [0.2, 0.25) is 0 Å². The normalized spacial score (nSPS) is 12.0. The summed E-state index contributed by atoms with van der Waals surface area (Å²) in [6.07, 6.45) is -3.62. The standard InChI is InChI=1S/C18H22BrN3O6/c1-17(2,3)27-15(25)22(16(26)28-18(4,5)6)13-20-11-9-10(19)7-8-12(11)21(13)14(23)24/h7-9H,1-6H3,(H,23,24). The topological polar surface area (TPSA) is 111 Å². The lowest BCUT2D eigenvalue weighted by atomic mass is 10.2. The second kappa shape index (κ2) is 7.42. The SMILES string of the molecule is CC(C)(C)OC(=O)N(C(=O)OC(C)(C)C)c1nc2cc(Br)ccc2n1C(=O)O. The molecule has 0 aliphatic rings. The lowest BCUT2D eigenvalue weighted by Gasteiger charge is -2.27. The number of hydrogen-bond acceptors (Lipinski definition) is 6. The van der Waals surface area contributed by atoms with Crippen molar-refractivity contribution < 1.29 is 29.0 Å². The fraction of sp³-hybridized carbons (Fsp3) is 0.444. The van der Waals surface area contributed by atoms with Gasteiger partial charge >= 0.3 is 18.3 Å². The minimum Gasteiger partial charge on any atom is -0.464 e. The molecule has 0 aliphatic carbocycles. The van der Waals surface area contributed by atoms with Gasteiger partial charge in [0.15, 0.2) is 0 Å². The van der Waals surface area contributed by atoms with Crippen molar-refractivity contribution in [1.82, 2.24) is 9.55 Å². The van der Waals surface area contributed by atoms with E-state index in [4.69, 9.17) is 9.47 Å². The molecule has 0 aliphatic heterocycles. The minimum atomic E-state index is -1.42. The number of fused-ring (bicyclic) bond motifs is 1. The summed E-state index contributed by atoms with van der Waals surface area (Å²) in [5.74, 6) is -0.441. The van der Waals surface area contributed by atoms with Gasteiger partial charge in [-0.05, 0) is 59.7 Å². The van der Waals surface area contributed by atoms with Crippen LogP contribution in [0.1, 0.15) is 41.5 Å². The number of aromatic nitrogens is 2. The van der Waals surface area contributed by atoms with Crippen LogP contribution in [0.3, 0.4) is 0 Å². The summed E-state index contributed by atoms with van der Waals surface area (Å²) in [4.78, 5) is 42.0. The fourth-order valence-electron chi connectivity index (χ4n) is 2.23. The van der Waals surface area contributed by atoms with E-state index in [1.165, 1.54) is 6.07 Å². The highest BCUT2D eigenvalue weighted by Crippen LogP contribution is 2.28. The van der Waals surface area contributed by atoms with Gasteiger partial charge in [0, 0.05) is 4.47 Å². The van der Waals surface area contributed by atoms with Gasteiger partial charge in [-0.15, -0.1) is 4.90 Å². The molecule has 1 aromatic heterocycles. The van der Waals surface area contributed by atoms with Gasteiger partial charge in [-0.2, -0.15) is 0 Å². The lowest BCUT2D eigenvalue weighted by molar-refractivity contribution is 0.0427. The largest absolute Gasteiger partial charge is 0.464 e. The number of carbonyl (C=O) groups excluding carboxylic acids is 2. The summed E-state index contributed by atoms with van der Waals surface area (Å²) >= 11 is 3.28. The van der Waals surface area contributed by atoms with Crippen molar-refractivity contribution in [3.8, 4) is 0 Å². The maximum absolute atomic E-state index is 12.8. The monoisotopic (exact) mass is 455 g/mol. The van der Waals surface area contributed by atoms with Crippen molar-refractivity contribution in [2.45, 2.75) is 52.7 Å². The molecule has 2 rings (SSSR count). The van der Waals surface area contributed by atoms with E-state index >= 15 is 0 Å². The summed E-state index contributed by atoms with van der Waals surface area (Å²) in [6.45, 7) is 9.72. The minimum absolute atomic E-state index is 0.197. The lowest BCUT2D eigenvalue weighted by Crippen LogP contribution is -2.45. The molecular weight excluding hydrogens is 434 g/mol. The van der Waals surface area contributed by atoms with Crippen LogP contribution >= 0.6 is 15.9 Å². The van der Waals surface area contributed by atoms with Crippen LogP contribution in [0.5, 0.6) is 0 Å². The average Bonchev–Trinajstić information content (AvgIpc) is 2.81. The van der Waals surface area contributed by atoms with Gasteiger partial charge in [0.25, 0.3) is 0 Å². The molecular formula is C18H22BrN3O6. The first-order valence-corrected chi connectivity index (χ1v) is 9.16. The van der Waals surface area contributed by atoms with Crippen LogP contribution in [-0.4, -0.2) is 44.1 Å². The molecule has 0 spiro atoms. The molecule has 152 valence electrons. The molecule has 0 fully saturated rings. The molecule has 0 bridgehead atoms. The van der Waals surface area contributed by atoms with Gasteiger partial charge in [-0.1, -0.05) is 15.9 Å². The molecule has 28 heavy (non-hydrogen) atoms. The van der Waals surface area contributed by atoms with Gasteiger partial charge in [0.2, 0.25) is 5.95 Å². The average molecular weight is 456 g/mol. The van der Waals surface area contributed by atoms with Gasteiger partial charge < -0.3 is 14.6 Å². The highest BCUT2D eigenvalue weighted by molar-refractivity contribution is 9.10. The van der Waals surface area contributed by atoms with Crippen molar-refractivity contribution in [3.63, 3.8) is 0 Å². The van der Waals surface area contributed by atoms with Gasteiger partial charge in [0.1, 0.15) is 11.2 Å². The predicted octanol–water partition coefficient (Wildman–Crippen LogP) is 5.00. The Balaban J connectivity index is 2.68. The number of imidazole rings is 1. The van der Waals surface area contributed by atoms with Crippen molar-refractivity contribution in [2.24, 2.45) is 0 Å². The zero-order valence-electron chi connectivity index (χ0n) is 16.4. The zero-order chi connectivity index (χ0) is 21.4. The predicted molar refractivity (Wildman–Crippen MR) is 106 cm³/mol. The summed E-state index contributed by atoms with van der Waals surface area (Å²) in [5.41, 5.74) is -1.40. The van der Waals surface area contributed by atoms with Gasteiger partial charge in [0.05, 0.1) is 11.0 Å². The Bertz CT molecular complexity index is 911. The maximum Gasteiger partial charge on any atom is 0.427 e. The molecule has 1 heterocycles. The van der Waals surface area contributed by atoms with Crippen LogP contribution in [0.25, 0.3) is 11.0 Å². The molecule has 0 saturated heterocycles. The number of anilines is 1. The van der Waals surface area contributed by atoms with Crippen molar-refractivity contribution >= 4 is 51.2 Å². The number of benzene rings is 1. The smallest absolute Gasteiger partial charge is 0.427 e. The summed E-state index contributed by atoms with van der Waals surface area (Å²) in [7, 11) is 0. The van der Waals surface area contributed by atoms with E-state index in [0.717, 1.165) is 4.57 Å². The molecule has 10 heteroatoms. The summed E-state index contributed by atoms with van der Waals surface area (Å²) in [6, 6.07) is 4.70. The fourth-order valence-corrected chi connectivity index (χ4v) is 2.58.